The third kappa shape index (κ3) is 2.88. The van der Waals surface area contributed by atoms with Crippen LogP contribution in [0, 0.1) is 11.6 Å². The van der Waals surface area contributed by atoms with Crippen LogP contribution < -0.4 is 5.32 Å². The van der Waals surface area contributed by atoms with E-state index < -0.39 is 29.2 Å². The van der Waals surface area contributed by atoms with Gasteiger partial charge in [0.1, 0.15) is 17.2 Å². The summed E-state index contributed by atoms with van der Waals surface area (Å²) in [6.45, 7) is -0.152. The van der Waals surface area contributed by atoms with E-state index in [0.717, 1.165) is 23.0 Å². The highest BCUT2D eigenvalue weighted by molar-refractivity contribution is 5.94. The quantitative estimate of drug-likeness (QED) is 0.773. The van der Waals surface area contributed by atoms with Crippen molar-refractivity contribution in [3.05, 3.63) is 71.4 Å². The molecule has 0 saturated carbocycles. The fourth-order valence-corrected chi connectivity index (χ4v) is 2.74. The highest BCUT2D eigenvalue weighted by Gasteiger charge is 2.19. The van der Waals surface area contributed by atoms with Gasteiger partial charge in [0.2, 0.25) is 0 Å². The van der Waals surface area contributed by atoms with Gasteiger partial charge in [-0.3, -0.25) is 4.79 Å². The molecule has 1 atom stereocenters. The zero-order valence-corrected chi connectivity index (χ0v) is 13.0. The molecule has 0 saturated heterocycles. The molecule has 1 aromatic heterocycles. The Morgan fingerprint density at radius 1 is 1.17 bits per heavy atom. The van der Waals surface area contributed by atoms with Gasteiger partial charge in [0, 0.05) is 36.3 Å². The maximum absolute atomic E-state index is 13.6. The standard InChI is InChI=1S/C18H16F2N2O2/c1-22-10-12(11-5-2-3-8-15(11)22)16(23)9-21-18(24)17-13(19)6-4-7-14(17)20/h2-8,10,16,23H,9H2,1H3,(H,21,24). The molecular formula is C18H16F2N2O2. The Kier molecular flexibility index (Phi) is 4.31. The molecule has 0 aliphatic rings. The summed E-state index contributed by atoms with van der Waals surface area (Å²) in [6, 6.07) is 10.7. The van der Waals surface area contributed by atoms with E-state index in [-0.39, 0.29) is 6.54 Å². The molecule has 1 amide bonds. The molecule has 1 heterocycles. The Hall–Kier alpha value is -2.73. The van der Waals surface area contributed by atoms with E-state index in [1.54, 1.807) is 6.20 Å². The normalized spacial score (nSPS) is 12.3. The molecule has 0 aliphatic carbocycles. The van der Waals surface area contributed by atoms with Crippen LogP contribution in [0.15, 0.2) is 48.7 Å². The van der Waals surface area contributed by atoms with E-state index >= 15 is 0 Å². The second-order valence-corrected chi connectivity index (χ2v) is 5.53. The second-order valence-electron chi connectivity index (χ2n) is 5.53. The Balaban J connectivity index is 1.78. The van der Waals surface area contributed by atoms with E-state index in [1.807, 2.05) is 35.9 Å². The number of aliphatic hydroxyl groups is 1. The van der Waals surface area contributed by atoms with Gasteiger partial charge in [0.25, 0.3) is 5.91 Å². The average Bonchev–Trinajstić information content (AvgIpc) is 2.90. The number of nitrogens with one attached hydrogen (secondary N) is 1. The van der Waals surface area contributed by atoms with Crippen molar-refractivity contribution in [2.24, 2.45) is 7.05 Å². The molecule has 0 bridgehead atoms. The molecule has 3 rings (SSSR count). The minimum absolute atomic E-state index is 0.152. The summed E-state index contributed by atoms with van der Waals surface area (Å²) >= 11 is 0. The highest BCUT2D eigenvalue weighted by atomic mass is 19.1. The number of amides is 1. The Morgan fingerprint density at radius 2 is 1.83 bits per heavy atom. The summed E-state index contributed by atoms with van der Waals surface area (Å²) in [5, 5.41) is 13.6. The molecule has 0 spiro atoms. The van der Waals surface area contributed by atoms with Crippen LogP contribution in [0.1, 0.15) is 22.0 Å². The lowest BCUT2D eigenvalue weighted by Gasteiger charge is -2.12. The number of aliphatic hydroxyl groups excluding tert-OH is 1. The number of aromatic nitrogens is 1. The van der Waals surface area contributed by atoms with Crippen molar-refractivity contribution < 1.29 is 18.7 Å². The third-order valence-electron chi connectivity index (χ3n) is 3.93. The van der Waals surface area contributed by atoms with Crippen LogP contribution in [0.3, 0.4) is 0 Å². The molecule has 3 aromatic rings. The number of hydrogen-bond donors (Lipinski definition) is 2. The number of halogens is 2. The zero-order valence-electron chi connectivity index (χ0n) is 13.0. The maximum atomic E-state index is 13.6. The van der Waals surface area contributed by atoms with Crippen molar-refractivity contribution >= 4 is 16.8 Å². The lowest BCUT2D eigenvalue weighted by atomic mass is 10.1. The minimum atomic E-state index is -0.991. The maximum Gasteiger partial charge on any atom is 0.257 e. The average molecular weight is 330 g/mol. The van der Waals surface area contributed by atoms with Gasteiger partial charge in [-0.1, -0.05) is 24.3 Å². The van der Waals surface area contributed by atoms with Crippen molar-refractivity contribution in [3.8, 4) is 0 Å². The molecule has 6 heteroatoms. The summed E-state index contributed by atoms with van der Waals surface area (Å²) in [5.41, 5.74) is 0.933. The largest absolute Gasteiger partial charge is 0.386 e. The molecule has 2 aromatic carbocycles. The fraction of sp³-hybridized carbons (Fsp3) is 0.167. The van der Waals surface area contributed by atoms with Gasteiger partial charge in [-0.25, -0.2) is 8.78 Å². The SMILES string of the molecule is Cn1cc(C(O)CNC(=O)c2c(F)cccc2F)c2ccccc21. The van der Waals surface area contributed by atoms with Crippen LogP contribution in [0.2, 0.25) is 0 Å². The van der Waals surface area contributed by atoms with Crippen molar-refractivity contribution in [2.45, 2.75) is 6.10 Å². The van der Waals surface area contributed by atoms with Crippen LogP contribution in [-0.4, -0.2) is 22.1 Å². The number of aryl methyl sites for hydroxylation is 1. The van der Waals surface area contributed by atoms with Gasteiger partial charge in [-0.2, -0.15) is 0 Å². The zero-order chi connectivity index (χ0) is 17.3. The number of nitrogens with zero attached hydrogens (tertiary/aromatic N) is 1. The summed E-state index contributed by atoms with van der Waals surface area (Å²) in [4.78, 5) is 12.0. The Morgan fingerprint density at radius 3 is 2.54 bits per heavy atom. The molecule has 2 N–H and O–H groups in total. The van der Waals surface area contributed by atoms with E-state index in [9.17, 15) is 18.7 Å². The molecule has 124 valence electrons. The predicted molar refractivity (Wildman–Crippen MR) is 86.6 cm³/mol. The van der Waals surface area contributed by atoms with Gasteiger partial charge in [-0.15, -0.1) is 0 Å². The fourth-order valence-electron chi connectivity index (χ4n) is 2.74. The molecule has 1 unspecified atom stereocenters. The number of hydrogen-bond acceptors (Lipinski definition) is 2. The number of carbonyl (C=O) groups is 1. The molecule has 24 heavy (non-hydrogen) atoms. The first kappa shape index (κ1) is 16.1. The summed E-state index contributed by atoms with van der Waals surface area (Å²) < 4.78 is 29.1. The van der Waals surface area contributed by atoms with Crippen LogP contribution >= 0.6 is 0 Å². The van der Waals surface area contributed by atoms with Gasteiger partial charge in [-0.05, 0) is 18.2 Å². The predicted octanol–water partition coefficient (Wildman–Crippen LogP) is 2.92. The number of benzene rings is 2. The molecular weight excluding hydrogens is 314 g/mol. The topological polar surface area (TPSA) is 54.3 Å². The number of fused-ring (bicyclic) bond motifs is 1. The monoisotopic (exact) mass is 330 g/mol. The molecule has 4 nitrogen and oxygen atoms in total. The van der Waals surface area contributed by atoms with Gasteiger partial charge in [0.15, 0.2) is 0 Å². The first-order valence-corrected chi connectivity index (χ1v) is 7.43. The van der Waals surface area contributed by atoms with E-state index in [1.165, 1.54) is 6.07 Å². The highest BCUT2D eigenvalue weighted by Crippen LogP contribution is 2.25. The second kappa shape index (κ2) is 6.41. The Bertz CT molecular complexity index is 885. The summed E-state index contributed by atoms with van der Waals surface area (Å²) in [6.07, 6.45) is 0.778. The van der Waals surface area contributed by atoms with Crippen LogP contribution in [0.25, 0.3) is 10.9 Å². The third-order valence-corrected chi connectivity index (χ3v) is 3.93. The molecule has 0 radical (unpaired) electrons. The van der Waals surface area contributed by atoms with Crippen molar-refractivity contribution in [1.82, 2.24) is 9.88 Å². The van der Waals surface area contributed by atoms with Gasteiger partial charge < -0.3 is 15.0 Å². The van der Waals surface area contributed by atoms with E-state index in [2.05, 4.69) is 5.32 Å². The van der Waals surface area contributed by atoms with Gasteiger partial charge >= 0.3 is 0 Å². The summed E-state index contributed by atoms with van der Waals surface area (Å²) in [7, 11) is 1.85. The van der Waals surface area contributed by atoms with E-state index in [4.69, 9.17) is 0 Å². The first-order chi connectivity index (χ1) is 11.5. The first-order valence-electron chi connectivity index (χ1n) is 7.43. The van der Waals surface area contributed by atoms with Crippen molar-refractivity contribution in [3.63, 3.8) is 0 Å². The number of carbonyl (C=O) groups excluding carboxylic acids is 1. The minimum Gasteiger partial charge on any atom is -0.386 e. The van der Waals surface area contributed by atoms with E-state index in [0.29, 0.717) is 5.56 Å². The smallest absolute Gasteiger partial charge is 0.257 e. The lowest BCUT2D eigenvalue weighted by Crippen LogP contribution is -2.29. The van der Waals surface area contributed by atoms with Crippen LogP contribution in [-0.2, 0) is 7.05 Å². The van der Waals surface area contributed by atoms with Crippen molar-refractivity contribution in [1.29, 1.82) is 0 Å². The molecule has 0 fully saturated rings. The van der Waals surface area contributed by atoms with Crippen molar-refractivity contribution in [2.75, 3.05) is 6.54 Å². The van der Waals surface area contributed by atoms with Crippen LogP contribution in [0.5, 0.6) is 0 Å². The summed E-state index contributed by atoms with van der Waals surface area (Å²) in [5.74, 6) is -2.77. The number of rotatable bonds is 4. The van der Waals surface area contributed by atoms with Gasteiger partial charge in [0.05, 0.1) is 6.10 Å². The van der Waals surface area contributed by atoms with Crippen LogP contribution in [0.4, 0.5) is 8.78 Å². The Labute approximate surface area is 137 Å². The lowest BCUT2D eigenvalue weighted by molar-refractivity contribution is 0.0908. The number of para-hydroxylation sites is 1. The molecule has 0 aliphatic heterocycles.